The van der Waals surface area contributed by atoms with Crippen molar-refractivity contribution in [2.24, 2.45) is 5.73 Å². The summed E-state index contributed by atoms with van der Waals surface area (Å²) in [6.07, 6.45) is -5.47. The Hall–Kier alpha value is -6.19. The van der Waals surface area contributed by atoms with Crippen LogP contribution in [0.15, 0.2) is 115 Å². The van der Waals surface area contributed by atoms with Crippen molar-refractivity contribution in [3.63, 3.8) is 0 Å². The zero-order valence-corrected chi connectivity index (χ0v) is 29.5. The average molecular weight is 741 g/mol. The number of carbonyl (C=O) groups excluding carboxylic acids is 4. The van der Waals surface area contributed by atoms with E-state index < -0.39 is 66.7 Å². The Morgan fingerprint density at radius 2 is 1.28 bits per heavy atom. The molecule has 4 aromatic carbocycles. The number of primary amides is 1. The molecule has 0 saturated heterocycles. The largest absolute Gasteiger partial charge is 0.497 e. The zero-order valence-electron chi connectivity index (χ0n) is 28.7. The van der Waals surface area contributed by atoms with E-state index in [0.29, 0.717) is 28.4 Å². The van der Waals surface area contributed by atoms with Crippen LogP contribution in [0.1, 0.15) is 18.4 Å². The summed E-state index contributed by atoms with van der Waals surface area (Å²) in [4.78, 5) is 53.1. The van der Waals surface area contributed by atoms with Crippen LogP contribution in [-0.2, 0) is 25.5 Å². The molecule has 14 nitrogen and oxygen atoms in total. The number of hydrogen-bond acceptors (Lipinski definition) is 9. The van der Waals surface area contributed by atoms with Gasteiger partial charge in [0.2, 0.25) is 5.91 Å². The first kappa shape index (κ1) is 38.1. The highest BCUT2D eigenvalue weighted by molar-refractivity contribution is 7.80. The van der Waals surface area contributed by atoms with E-state index in [1.807, 2.05) is 6.07 Å². The lowest BCUT2D eigenvalue weighted by Gasteiger charge is -2.44. The minimum absolute atomic E-state index is 0.0126. The van der Waals surface area contributed by atoms with Crippen molar-refractivity contribution in [3.05, 3.63) is 121 Å². The van der Waals surface area contributed by atoms with Gasteiger partial charge in [0.05, 0.1) is 13.2 Å². The molecular weight excluding hydrogens is 701 g/mol. The fourth-order valence-electron chi connectivity index (χ4n) is 5.83. The summed E-state index contributed by atoms with van der Waals surface area (Å²) >= 11 is 5.59. The number of ether oxygens (including phenoxy) is 3. The van der Waals surface area contributed by atoms with Gasteiger partial charge in [-0.3, -0.25) is 20.2 Å². The van der Waals surface area contributed by atoms with E-state index in [4.69, 9.17) is 32.2 Å². The molecule has 0 aliphatic heterocycles. The molecule has 1 aliphatic rings. The molecule has 0 radical (unpaired) electrons. The number of methoxy groups -OCH3 is 1. The summed E-state index contributed by atoms with van der Waals surface area (Å²) in [5, 5.41) is 26.0. The predicted octanol–water partition coefficient (Wildman–Crippen LogP) is 4.32. The molecule has 5 rings (SSSR count). The number of nitrogens with one attached hydrogen (secondary N) is 5. The molecule has 1 saturated carbocycles. The van der Waals surface area contributed by atoms with Crippen LogP contribution < -0.4 is 37.1 Å². The first-order chi connectivity index (χ1) is 25.5. The Kier molecular flexibility index (Phi) is 12.8. The van der Waals surface area contributed by atoms with Crippen LogP contribution in [0.4, 0.5) is 26.7 Å². The Bertz CT molecular complexity index is 1800. The van der Waals surface area contributed by atoms with E-state index in [-0.39, 0.29) is 11.5 Å². The molecule has 53 heavy (non-hydrogen) atoms. The number of anilines is 3. The van der Waals surface area contributed by atoms with Gasteiger partial charge < -0.3 is 41.0 Å². The van der Waals surface area contributed by atoms with Gasteiger partial charge in [-0.15, -0.1) is 0 Å². The van der Waals surface area contributed by atoms with Gasteiger partial charge in [-0.2, -0.15) is 0 Å². The fourth-order valence-corrected chi connectivity index (χ4v) is 6.09. The zero-order chi connectivity index (χ0) is 37.8. The molecule has 0 aromatic heterocycles. The Labute approximate surface area is 311 Å². The van der Waals surface area contributed by atoms with E-state index >= 15 is 0 Å². The highest BCUT2D eigenvalue weighted by Crippen LogP contribution is 2.34. The standard InChI is InChI=1S/C38H40N6O8S/c1-50-28-19-17-24(18-20-28)21-29(33(39)45)43-34(46)38(49)22-30(44-35(53)40-25-11-5-2-6-12-25)32(52-37(48)42-27-15-9-4-10-16-27)31(23-38)51-36(47)41-26-13-7-3-8-14-26/h2-20,29-32,49H,21-23H2,1H3,(H2,39,45)(H,41,47)(H,42,48)(H,43,46)(H2,40,44,53). The van der Waals surface area contributed by atoms with E-state index in [1.54, 1.807) is 109 Å². The maximum Gasteiger partial charge on any atom is 0.412 e. The normalized spacial score (nSPS) is 19.7. The number of benzene rings is 4. The van der Waals surface area contributed by atoms with Gasteiger partial charge in [-0.05, 0) is 66.3 Å². The Morgan fingerprint density at radius 1 is 0.774 bits per heavy atom. The fraction of sp³-hybridized carbons (Fsp3) is 0.237. The molecule has 1 fully saturated rings. The smallest absolute Gasteiger partial charge is 0.412 e. The van der Waals surface area contributed by atoms with E-state index in [9.17, 15) is 24.3 Å². The second-order valence-corrected chi connectivity index (χ2v) is 12.7. The van der Waals surface area contributed by atoms with Crippen molar-refractivity contribution in [1.82, 2.24) is 10.6 Å². The summed E-state index contributed by atoms with van der Waals surface area (Å²) in [5.41, 5.74) is 5.54. The van der Waals surface area contributed by atoms with Crippen LogP contribution >= 0.6 is 12.2 Å². The second-order valence-electron chi connectivity index (χ2n) is 12.3. The molecule has 0 heterocycles. The summed E-state index contributed by atoms with van der Waals surface area (Å²) < 4.78 is 16.9. The highest BCUT2D eigenvalue weighted by atomic mass is 32.1. The van der Waals surface area contributed by atoms with Crippen molar-refractivity contribution >= 4 is 58.4 Å². The molecule has 0 bridgehead atoms. The number of hydrogen-bond donors (Lipinski definition) is 7. The van der Waals surface area contributed by atoms with Crippen LogP contribution in [-0.4, -0.2) is 71.2 Å². The molecule has 1 aliphatic carbocycles. The minimum Gasteiger partial charge on any atom is -0.497 e. The molecule has 276 valence electrons. The van der Waals surface area contributed by atoms with Crippen molar-refractivity contribution in [3.8, 4) is 5.75 Å². The number of rotatable bonds is 12. The van der Waals surface area contributed by atoms with Gasteiger partial charge >= 0.3 is 12.2 Å². The molecule has 4 amide bonds. The van der Waals surface area contributed by atoms with Crippen LogP contribution in [0.3, 0.4) is 0 Å². The summed E-state index contributed by atoms with van der Waals surface area (Å²) in [6, 6.07) is 30.4. The quantitative estimate of drug-likeness (QED) is 0.102. The number of para-hydroxylation sites is 3. The minimum atomic E-state index is -2.29. The first-order valence-electron chi connectivity index (χ1n) is 16.6. The first-order valence-corrected chi connectivity index (χ1v) is 17.1. The van der Waals surface area contributed by atoms with Crippen LogP contribution in [0.2, 0.25) is 0 Å². The van der Waals surface area contributed by atoms with E-state index in [0.717, 1.165) is 0 Å². The molecule has 15 heteroatoms. The second kappa shape index (κ2) is 17.8. The lowest BCUT2D eigenvalue weighted by Crippen LogP contribution is -2.66. The summed E-state index contributed by atoms with van der Waals surface area (Å²) in [7, 11) is 1.52. The van der Waals surface area contributed by atoms with Gasteiger partial charge in [0.15, 0.2) is 11.2 Å². The third kappa shape index (κ3) is 10.9. The van der Waals surface area contributed by atoms with Gasteiger partial charge in [0.1, 0.15) is 23.5 Å². The molecule has 8 N–H and O–H groups in total. The number of carbonyl (C=O) groups is 4. The number of nitrogens with two attached hydrogens (primary N) is 1. The molecular formula is C38H40N6O8S. The van der Waals surface area contributed by atoms with Gasteiger partial charge in [0.25, 0.3) is 5.91 Å². The van der Waals surface area contributed by atoms with Crippen LogP contribution in [0, 0.1) is 0 Å². The number of amides is 4. The van der Waals surface area contributed by atoms with Crippen molar-refractivity contribution in [2.45, 2.75) is 49.2 Å². The van der Waals surface area contributed by atoms with Gasteiger partial charge in [0, 0.05) is 36.3 Å². The third-order valence-electron chi connectivity index (χ3n) is 8.42. The van der Waals surface area contributed by atoms with Crippen molar-refractivity contribution in [2.75, 3.05) is 23.1 Å². The maximum atomic E-state index is 14.0. The molecule has 5 atom stereocenters. The Balaban J connectivity index is 1.44. The van der Waals surface area contributed by atoms with E-state index in [1.165, 1.54) is 7.11 Å². The van der Waals surface area contributed by atoms with Crippen molar-refractivity contribution < 1.29 is 38.5 Å². The van der Waals surface area contributed by atoms with Crippen molar-refractivity contribution in [1.29, 1.82) is 0 Å². The van der Waals surface area contributed by atoms with E-state index in [2.05, 4.69) is 26.6 Å². The van der Waals surface area contributed by atoms with Crippen LogP contribution in [0.5, 0.6) is 5.75 Å². The van der Waals surface area contributed by atoms with Gasteiger partial charge in [-0.25, -0.2) is 9.59 Å². The molecule has 0 spiro atoms. The SMILES string of the molecule is COc1ccc(CC(NC(=O)C2(O)CC(NC(=S)Nc3ccccc3)C(OC(=O)Nc3ccccc3)C(OC(=O)Nc3ccccc3)C2)C(N)=O)cc1. The predicted molar refractivity (Wildman–Crippen MR) is 202 cm³/mol. The monoisotopic (exact) mass is 740 g/mol. The number of thiocarbonyl (C=S) groups is 1. The van der Waals surface area contributed by atoms with Crippen LogP contribution in [0.25, 0.3) is 0 Å². The van der Waals surface area contributed by atoms with Gasteiger partial charge in [-0.1, -0.05) is 66.7 Å². The Morgan fingerprint density at radius 3 is 1.79 bits per heavy atom. The summed E-state index contributed by atoms with van der Waals surface area (Å²) in [6.45, 7) is 0. The molecule has 4 aromatic rings. The topological polar surface area (TPSA) is 202 Å². The average Bonchev–Trinajstić information content (AvgIpc) is 3.14. The maximum absolute atomic E-state index is 14.0. The summed E-state index contributed by atoms with van der Waals surface area (Å²) in [5.74, 6) is -1.21. The number of aliphatic hydroxyl groups is 1. The molecule has 5 unspecified atom stereocenters. The highest BCUT2D eigenvalue weighted by Gasteiger charge is 2.53. The lowest BCUT2D eigenvalue weighted by atomic mass is 9.77. The lowest BCUT2D eigenvalue weighted by molar-refractivity contribution is -0.158. The third-order valence-corrected chi connectivity index (χ3v) is 8.64.